The number of hydrogen-bond donors (Lipinski definition) is 1. The van der Waals surface area contributed by atoms with Gasteiger partial charge in [-0.3, -0.25) is 14.2 Å². The maximum Gasteiger partial charge on any atom is 0.261 e. The van der Waals surface area contributed by atoms with Crippen LogP contribution in [0.25, 0.3) is 10.9 Å². The summed E-state index contributed by atoms with van der Waals surface area (Å²) in [7, 11) is 1.71. The minimum atomic E-state index is -0.449. The summed E-state index contributed by atoms with van der Waals surface area (Å²) in [6.45, 7) is 1.80. The monoisotopic (exact) mass is 307 g/mol. The van der Waals surface area contributed by atoms with E-state index < -0.39 is 5.91 Å². The van der Waals surface area contributed by atoms with Crippen LogP contribution in [0.1, 0.15) is 27.3 Å². The fourth-order valence-electron chi connectivity index (χ4n) is 2.67. The fraction of sp³-hybridized carbons (Fsp3) is 0.167. The van der Waals surface area contributed by atoms with Gasteiger partial charge in [0.05, 0.1) is 10.9 Å². The first-order chi connectivity index (χ1) is 11.0. The van der Waals surface area contributed by atoms with E-state index >= 15 is 0 Å². The molecular weight excluding hydrogens is 290 g/mol. The van der Waals surface area contributed by atoms with Gasteiger partial charge in [0.2, 0.25) is 5.91 Å². The summed E-state index contributed by atoms with van der Waals surface area (Å²) in [6.07, 6.45) is 0.534. The Bertz CT molecular complexity index is 974. The SMILES string of the molecule is Cc1nc2ccc(Cc3ccccc3C(N)=O)cc2c(=O)n1C. The van der Waals surface area contributed by atoms with Crippen LogP contribution >= 0.6 is 0 Å². The van der Waals surface area contributed by atoms with E-state index in [1.807, 2.05) is 30.3 Å². The molecule has 0 saturated heterocycles. The Labute approximate surface area is 133 Å². The molecule has 0 fully saturated rings. The van der Waals surface area contributed by atoms with Crippen LogP contribution in [0.5, 0.6) is 0 Å². The van der Waals surface area contributed by atoms with E-state index in [2.05, 4.69) is 4.98 Å². The third-order valence-electron chi connectivity index (χ3n) is 4.04. The van der Waals surface area contributed by atoms with E-state index in [1.165, 1.54) is 4.57 Å². The lowest BCUT2D eigenvalue weighted by atomic mass is 9.98. The van der Waals surface area contributed by atoms with Gasteiger partial charge in [-0.25, -0.2) is 4.98 Å². The number of carbonyl (C=O) groups excluding carboxylic acids is 1. The Kier molecular flexibility index (Phi) is 3.70. The van der Waals surface area contributed by atoms with Crippen LogP contribution in [0.15, 0.2) is 47.3 Å². The van der Waals surface area contributed by atoms with Crippen molar-refractivity contribution in [3.8, 4) is 0 Å². The summed E-state index contributed by atoms with van der Waals surface area (Å²) in [4.78, 5) is 28.3. The highest BCUT2D eigenvalue weighted by Gasteiger charge is 2.10. The molecule has 116 valence electrons. The summed E-state index contributed by atoms with van der Waals surface area (Å²) in [5.74, 6) is 0.226. The Morgan fingerprint density at radius 1 is 1.22 bits per heavy atom. The second-order valence-electron chi connectivity index (χ2n) is 5.57. The number of amides is 1. The van der Waals surface area contributed by atoms with Crippen molar-refractivity contribution in [1.29, 1.82) is 0 Å². The minimum absolute atomic E-state index is 0.0717. The molecule has 5 heteroatoms. The summed E-state index contributed by atoms with van der Waals surface area (Å²) in [6, 6.07) is 12.8. The standard InChI is InChI=1S/C18H17N3O2/c1-11-20-16-8-7-12(10-15(16)18(23)21(11)2)9-13-5-3-4-6-14(13)17(19)22/h3-8,10H,9H2,1-2H3,(H2,19,22). The van der Waals surface area contributed by atoms with Gasteiger partial charge in [0.1, 0.15) is 5.82 Å². The quantitative estimate of drug-likeness (QED) is 0.803. The van der Waals surface area contributed by atoms with Crippen molar-refractivity contribution < 1.29 is 4.79 Å². The number of carbonyl (C=O) groups is 1. The number of hydrogen-bond acceptors (Lipinski definition) is 3. The van der Waals surface area contributed by atoms with Crippen molar-refractivity contribution in [2.45, 2.75) is 13.3 Å². The number of primary amides is 1. The van der Waals surface area contributed by atoms with Crippen molar-refractivity contribution >= 4 is 16.8 Å². The number of benzene rings is 2. The van der Waals surface area contributed by atoms with Gasteiger partial charge >= 0.3 is 0 Å². The number of aryl methyl sites for hydroxylation is 1. The molecule has 23 heavy (non-hydrogen) atoms. The summed E-state index contributed by atoms with van der Waals surface area (Å²) >= 11 is 0. The fourth-order valence-corrected chi connectivity index (χ4v) is 2.67. The molecule has 0 aliphatic heterocycles. The van der Waals surface area contributed by atoms with Crippen LogP contribution in [-0.4, -0.2) is 15.5 Å². The van der Waals surface area contributed by atoms with Crippen LogP contribution in [-0.2, 0) is 13.5 Å². The van der Waals surface area contributed by atoms with Gasteiger partial charge in [0, 0.05) is 12.6 Å². The van der Waals surface area contributed by atoms with Crippen LogP contribution < -0.4 is 11.3 Å². The molecule has 0 atom stereocenters. The molecule has 3 aromatic rings. The lowest BCUT2D eigenvalue weighted by Crippen LogP contribution is -2.20. The molecule has 5 nitrogen and oxygen atoms in total. The molecule has 2 aromatic carbocycles. The van der Waals surface area contributed by atoms with Gasteiger partial charge in [-0.1, -0.05) is 24.3 Å². The van der Waals surface area contributed by atoms with Crippen LogP contribution in [0.3, 0.4) is 0 Å². The smallest absolute Gasteiger partial charge is 0.261 e. The molecular formula is C18H17N3O2. The maximum atomic E-state index is 12.4. The first-order valence-electron chi connectivity index (χ1n) is 7.31. The summed E-state index contributed by atoms with van der Waals surface area (Å²) < 4.78 is 1.53. The van der Waals surface area contributed by atoms with Gasteiger partial charge < -0.3 is 5.73 Å². The molecule has 0 radical (unpaired) electrons. The average Bonchev–Trinajstić information content (AvgIpc) is 2.54. The predicted molar refractivity (Wildman–Crippen MR) is 89.5 cm³/mol. The topological polar surface area (TPSA) is 78.0 Å². The highest BCUT2D eigenvalue weighted by atomic mass is 16.1. The van der Waals surface area contributed by atoms with Crippen molar-refractivity contribution in [2.24, 2.45) is 12.8 Å². The molecule has 0 spiro atoms. The zero-order valence-electron chi connectivity index (χ0n) is 13.0. The van der Waals surface area contributed by atoms with Gasteiger partial charge in [0.25, 0.3) is 5.56 Å². The second-order valence-corrected chi connectivity index (χ2v) is 5.57. The van der Waals surface area contributed by atoms with Gasteiger partial charge in [-0.2, -0.15) is 0 Å². The normalized spacial score (nSPS) is 10.9. The highest BCUT2D eigenvalue weighted by Crippen LogP contribution is 2.17. The van der Waals surface area contributed by atoms with E-state index in [1.54, 1.807) is 26.1 Å². The summed E-state index contributed by atoms with van der Waals surface area (Å²) in [5, 5.41) is 0.576. The van der Waals surface area contributed by atoms with Crippen molar-refractivity contribution in [3.05, 3.63) is 75.3 Å². The van der Waals surface area contributed by atoms with E-state index in [0.29, 0.717) is 28.7 Å². The number of aromatic nitrogens is 2. The van der Waals surface area contributed by atoms with E-state index in [0.717, 1.165) is 11.1 Å². The molecule has 1 amide bonds. The Morgan fingerprint density at radius 2 is 1.96 bits per heavy atom. The van der Waals surface area contributed by atoms with E-state index in [4.69, 9.17) is 5.73 Å². The predicted octanol–water partition coefficient (Wildman–Crippen LogP) is 1.93. The average molecular weight is 307 g/mol. The Hall–Kier alpha value is -2.95. The van der Waals surface area contributed by atoms with Crippen LogP contribution in [0, 0.1) is 6.92 Å². The third kappa shape index (κ3) is 2.73. The highest BCUT2D eigenvalue weighted by molar-refractivity contribution is 5.94. The van der Waals surface area contributed by atoms with Crippen molar-refractivity contribution in [1.82, 2.24) is 9.55 Å². The molecule has 0 aliphatic carbocycles. The lowest BCUT2D eigenvalue weighted by molar-refractivity contribution is 0.0999. The first kappa shape index (κ1) is 15.0. The summed E-state index contributed by atoms with van der Waals surface area (Å²) in [5.41, 5.74) is 8.31. The molecule has 0 aliphatic rings. The molecule has 3 rings (SSSR count). The van der Waals surface area contributed by atoms with Gasteiger partial charge in [-0.15, -0.1) is 0 Å². The van der Waals surface area contributed by atoms with Gasteiger partial charge in [-0.05, 0) is 42.7 Å². The maximum absolute atomic E-state index is 12.4. The third-order valence-corrected chi connectivity index (χ3v) is 4.04. The van der Waals surface area contributed by atoms with Gasteiger partial charge in [0.15, 0.2) is 0 Å². The molecule has 0 bridgehead atoms. The molecule has 1 heterocycles. The zero-order valence-corrected chi connectivity index (χ0v) is 13.0. The molecule has 0 unspecified atom stereocenters. The van der Waals surface area contributed by atoms with E-state index in [-0.39, 0.29) is 5.56 Å². The Balaban J connectivity index is 2.09. The first-order valence-corrected chi connectivity index (χ1v) is 7.31. The zero-order chi connectivity index (χ0) is 16.6. The minimum Gasteiger partial charge on any atom is -0.366 e. The Morgan fingerprint density at radius 3 is 2.70 bits per heavy atom. The van der Waals surface area contributed by atoms with Crippen LogP contribution in [0.2, 0.25) is 0 Å². The molecule has 0 saturated carbocycles. The number of nitrogens with zero attached hydrogens (tertiary/aromatic N) is 2. The number of fused-ring (bicyclic) bond motifs is 1. The van der Waals surface area contributed by atoms with Crippen molar-refractivity contribution in [3.63, 3.8) is 0 Å². The largest absolute Gasteiger partial charge is 0.366 e. The molecule has 2 N–H and O–H groups in total. The number of rotatable bonds is 3. The van der Waals surface area contributed by atoms with Crippen molar-refractivity contribution in [2.75, 3.05) is 0 Å². The molecule has 1 aromatic heterocycles. The number of nitrogens with two attached hydrogens (primary N) is 1. The van der Waals surface area contributed by atoms with E-state index in [9.17, 15) is 9.59 Å². The van der Waals surface area contributed by atoms with Crippen LogP contribution in [0.4, 0.5) is 0 Å². The lowest BCUT2D eigenvalue weighted by Gasteiger charge is -2.09. The second kappa shape index (κ2) is 5.68.